The molecule has 106 valence electrons. The Bertz CT molecular complexity index is 283. The number of nitrogens with one attached hydrogen (secondary N) is 1. The second-order valence-electron chi connectivity index (χ2n) is 7.87. The second kappa shape index (κ2) is 5.13. The monoisotopic (exact) mass is 252 g/mol. The average Bonchev–Trinajstić information content (AvgIpc) is 2.54. The van der Waals surface area contributed by atoms with E-state index in [1.54, 1.807) is 0 Å². The molecule has 2 atom stereocenters. The molecule has 0 aromatic rings. The van der Waals surface area contributed by atoms with Crippen LogP contribution in [0.15, 0.2) is 0 Å². The van der Waals surface area contributed by atoms with E-state index in [1.807, 2.05) is 0 Å². The van der Waals surface area contributed by atoms with Crippen LogP contribution in [0.4, 0.5) is 0 Å². The Balaban J connectivity index is 2.07. The minimum Gasteiger partial charge on any atom is -0.312 e. The lowest BCUT2D eigenvalue weighted by Gasteiger charge is -2.44. The number of hydrogen-bond donors (Lipinski definition) is 1. The van der Waals surface area contributed by atoms with Gasteiger partial charge in [0.05, 0.1) is 0 Å². The fraction of sp³-hybridized carbons (Fsp3) is 1.00. The Morgan fingerprint density at radius 1 is 1.17 bits per heavy atom. The van der Waals surface area contributed by atoms with E-state index < -0.39 is 0 Å². The molecule has 1 saturated carbocycles. The molecule has 1 aliphatic carbocycles. The summed E-state index contributed by atoms with van der Waals surface area (Å²) in [5.74, 6) is 0. The molecule has 0 aromatic carbocycles. The maximum absolute atomic E-state index is 3.77. The minimum atomic E-state index is 0.461. The van der Waals surface area contributed by atoms with E-state index in [2.05, 4.69) is 44.8 Å². The van der Waals surface area contributed by atoms with Crippen molar-refractivity contribution in [1.29, 1.82) is 0 Å². The fourth-order valence-corrected chi connectivity index (χ4v) is 4.14. The summed E-state index contributed by atoms with van der Waals surface area (Å²) in [4.78, 5) is 2.78. The van der Waals surface area contributed by atoms with Gasteiger partial charge in [-0.2, -0.15) is 0 Å². The molecule has 0 amide bonds. The summed E-state index contributed by atoms with van der Waals surface area (Å²) in [5, 5.41) is 3.77. The zero-order chi connectivity index (χ0) is 13.4. The van der Waals surface area contributed by atoms with Crippen LogP contribution in [0.2, 0.25) is 0 Å². The molecule has 1 heterocycles. The van der Waals surface area contributed by atoms with Crippen molar-refractivity contribution in [3.63, 3.8) is 0 Å². The van der Waals surface area contributed by atoms with Crippen LogP contribution in [0.5, 0.6) is 0 Å². The van der Waals surface area contributed by atoms with Crippen molar-refractivity contribution in [2.24, 2.45) is 10.8 Å². The molecule has 0 spiro atoms. The number of likely N-dealkylation sites (N-methyl/N-ethyl adjacent to an activating group) is 1. The third-order valence-electron chi connectivity index (χ3n) is 5.13. The van der Waals surface area contributed by atoms with Crippen LogP contribution in [0, 0.1) is 10.8 Å². The highest BCUT2D eigenvalue weighted by Gasteiger charge is 2.45. The number of likely N-dealkylation sites (tertiary alicyclic amines) is 1. The smallest absolute Gasteiger partial charge is 0.0274 e. The second-order valence-corrected chi connectivity index (χ2v) is 7.87. The lowest BCUT2D eigenvalue weighted by Crippen LogP contribution is -2.55. The Hall–Kier alpha value is -0.0800. The minimum absolute atomic E-state index is 0.461. The first-order valence-corrected chi connectivity index (χ1v) is 7.83. The maximum Gasteiger partial charge on any atom is 0.0274 e. The van der Waals surface area contributed by atoms with E-state index in [0.29, 0.717) is 16.9 Å². The SMILES string of the molecule is CCNC1C(N2CCCC(C)(C)C2)CCC1(C)C. The van der Waals surface area contributed by atoms with Crippen molar-refractivity contribution in [2.45, 2.75) is 72.4 Å². The third kappa shape index (κ3) is 2.91. The first kappa shape index (κ1) is 14.3. The van der Waals surface area contributed by atoms with Gasteiger partial charge < -0.3 is 5.32 Å². The Labute approximate surface area is 114 Å². The standard InChI is InChI=1S/C16H32N2/c1-6-17-14-13(8-10-16(14,4)5)18-11-7-9-15(2,3)12-18/h13-14,17H,6-12H2,1-5H3. The fourth-order valence-electron chi connectivity index (χ4n) is 4.14. The van der Waals surface area contributed by atoms with Crippen LogP contribution in [0.1, 0.15) is 60.3 Å². The molecule has 2 rings (SSSR count). The molecule has 0 bridgehead atoms. The van der Waals surface area contributed by atoms with E-state index in [1.165, 1.54) is 38.8 Å². The molecule has 18 heavy (non-hydrogen) atoms. The quantitative estimate of drug-likeness (QED) is 0.829. The molecule has 0 aromatic heterocycles. The van der Waals surface area contributed by atoms with E-state index in [-0.39, 0.29) is 0 Å². The van der Waals surface area contributed by atoms with Crippen LogP contribution in [-0.2, 0) is 0 Å². The van der Waals surface area contributed by atoms with Gasteiger partial charge in [0, 0.05) is 18.6 Å². The Morgan fingerprint density at radius 3 is 2.50 bits per heavy atom. The summed E-state index contributed by atoms with van der Waals surface area (Å²) in [6.45, 7) is 15.7. The van der Waals surface area contributed by atoms with Crippen molar-refractivity contribution < 1.29 is 0 Å². The highest BCUT2D eigenvalue weighted by molar-refractivity contribution is 5.02. The van der Waals surface area contributed by atoms with Gasteiger partial charge in [-0.1, -0.05) is 34.6 Å². The normalized spacial score (nSPS) is 35.8. The molecule has 2 fully saturated rings. The van der Waals surface area contributed by atoms with Gasteiger partial charge in [0.25, 0.3) is 0 Å². The first-order valence-electron chi connectivity index (χ1n) is 7.83. The van der Waals surface area contributed by atoms with Gasteiger partial charge >= 0.3 is 0 Å². The van der Waals surface area contributed by atoms with Crippen LogP contribution in [0.3, 0.4) is 0 Å². The highest BCUT2D eigenvalue weighted by Crippen LogP contribution is 2.42. The van der Waals surface area contributed by atoms with Crippen LogP contribution in [-0.4, -0.2) is 36.6 Å². The summed E-state index contributed by atoms with van der Waals surface area (Å²) in [6.07, 6.45) is 5.52. The Morgan fingerprint density at radius 2 is 1.89 bits per heavy atom. The molecule has 1 saturated heterocycles. The summed E-state index contributed by atoms with van der Waals surface area (Å²) < 4.78 is 0. The van der Waals surface area contributed by atoms with E-state index >= 15 is 0 Å². The van der Waals surface area contributed by atoms with Crippen molar-refractivity contribution in [3.05, 3.63) is 0 Å². The van der Waals surface area contributed by atoms with E-state index in [9.17, 15) is 0 Å². The molecule has 2 heteroatoms. The zero-order valence-electron chi connectivity index (χ0n) is 13.1. The predicted octanol–water partition coefficient (Wildman–Crippen LogP) is 3.28. The van der Waals surface area contributed by atoms with Gasteiger partial charge in [0.2, 0.25) is 0 Å². The number of rotatable bonds is 3. The van der Waals surface area contributed by atoms with Gasteiger partial charge in [-0.05, 0) is 49.6 Å². The molecule has 2 unspecified atom stereocenters. The van der Waals surface area contributed by atoms with E-state index in [4.69, 9.17) is 0 Å². The molecule has 1 aliphatic heterocycles. The Kier molecular flexibility index (Phi) is 4.08. The lowest BCUT2D eigenvalue weighted by atomic mass is 9.82. The molecule has 2 nitrogen and oxygen atoms in total. The first-order chi connectivity index (χ1) is 8.36. The summed E-state index contributed by atoms with van der Waals surface area (Å²) >= 11 is 0. The highest BCUT2D eigenvalue weighted by atomic mass is 15.2. The number of nitrogens with zero attached hydrogens (tertiary/aromatic N) is 1. The van der Waals surface area contributed by atoms with Gasteiger partial charge in [-0.15, -0.1) is 0 Å². The van der Waals surface area contributed by atoms with Crippen LogP contribution in [0.25, 0.3) is 0 Å². The predicted molar refractivity (Wildman–Crippen MR) is 78.9 cm³/mol. The van der Waals surface area contributed by atoms with Crippen molar-refractivity contribution in [2.75, 3.05) is 19.6 Å². The summed E-state index contributed by atoms with van der Waals surface area (Å²) in [6, 6.07) is 1.44. The molecular weight excluding hydrogens is 220 g/mol. The molecule has 2 aliphatic rings. The largest absolute Gasteiger partial charge is 0.312 e. The topological polar surface area (TPSA) is 15.3 Å². The summed E-state index contributed by atoms with van der Waals surface area (Å²) in [7, 11) is 0. The lowest BCUT2D eigenvalue weighted by molar-refractivity contribution is 0.0598. The number of piperidine rings is 1. The average molecular weight is 252 g/mol. The molecular formula is C16H32N2. The van der Waals surface area contributed by atoms with E-state index in [0.717, 1.165) is 12.6 Å². The van der Waals surface area contributed by atoms with Crippen molar-refractivity contribution in [1.82, 2.24) is 10.2 Å². The molecule has 0 radical (unpaired) electrons. The van der Waals surface area contributed by atoms with Gasteiger partial charge in [0.1, 0.15) is 0 Å². The molecule has 1 N–H and O–H groups in total. The van der Waals surface area contributed by atoms with Gasteiger partial charge in [-0.3, -0.25) is 4.90 Å². The van der Waals surface area contributed by atoms with Crippen molar-refractivity contribution >= 4 is 0 Å². The van der Waals surface area contributed by atoms with Gasteiger partial charge in [0.15, 0.2) is 0 Å². The van der Waals surface area contributed by atoms with Crippen LogP contribution < -0.4 is 5.32 Å². The summed E-state index contributed by atoms with van der Waals surface area (Å²) in [5.41, 5.74) is 0.976. The zero-order valence-corrected chi connectivity index (χ0v) is 13.1. The van der Waals surface area contributed by atoms with Crippen molar-refractivity contribution in [3.8, 4) is 0 Å². The van der Waals surface area contributed by atoms with Gasteiger partial charge in [-0.25, -0.2) is 0 Å². The maximum atomic E-state index is 3.77. The van der Waals surface area contributed by atoms with Crippen LogP contribution >= 0.6 is 0 Å². The third-order valence-corrected chi connectivity index (χ3v) is 5.13. The number of hydrogen-bond acceptors (Lipinski definition) is 2.